The minimum absolute atomic E-state index is 0.0634. The monoisotopic (exact) mass is 205 g/mol. The van der Waals surface area contributed by atoms with Gasteiger partial charge in [-0.2, -0.15) is 0 Å². The maximum absolute atomic E-state index is 13.4. The molecule has 80 valence electrons. The highest BCUT2D eigenvalue weighted by Gasteiger charge is 2.32. The molecule has 0 saturated carbocycles. The van der Waals surface area contributed by atoms with Crippen molar-refractivity contribution in [2.24, 2.45) is 0 Å². The van der Waals surface area contributed by atoms with Crippen LogP contribution in [0.15, 0.2) is 12.1 Å². The lowest BCUT2D eigenvalue weighted by molar-refractivity contribution is 0.444. The second-order valence-corrected chi connectivity index (χ2v) is 4.67. The first-order valence-electron chi connectivity index (χ1n) is 5.85. The molecule has 0 amide bonds. The Kier molecular flexibility index (Phi) is 2.06. The van der Waals surface area contributed by atoms with Crippen molar-refractivity contribution >= 4 is 0 Å². The smallest absolute Gasteiger partial charge is 0.123 e. The van der Waals surface area contributed by atoms with E-state index in [1.807, 2.05) is 0 Å². The summed E-state index contributed by atoms with van der Waals surface area (Å²) in [5, 5.41) is 3.52. The number of rotatable bonds is 1. The van der Waals surface area contributed by atoms with Gasteiger partial charge in [0.25, 0.3) is 0 Å². The maximum Gasteiger partial charge on any atom is 0.123 e. The predicted octanol–water partition coefficient (Wildman–Crippen LogP) is 2.91. The van der Waals surface area contributed by atoms with E-state index in [2.05, 4.69) is 12.2 Å². The van der Waals surface area contributed by atoms with Gasteiger partial charge in [-0.25, -0.2) is 4.39 Å². The molecule has 1 aliphatic heterocycles. The molecule has 0 aromatic heterocycles. The van der Waals surface area contributed by atoms with Crippen LogP contribution in [0.5, 0.6) is 0 Å². The fraction of sp³-hybridized carbons (Fsp3) is 0.538. The zero-order valence-electron chi connectivity index (χ0n) is 9.02. The molecule has 1 aliphatic carbocycles. The standard InChI is InChI=1S/C13H16FN/c1-2-12-11-6-10(14)5-8-3-4-9(7-15-12)13(8)11/h5-6,9,12,15H,2-4,7H2,1H3. The number of hydrogen-bond donors (Lipinski definition) is 1. The third-order valence-electron chi connectivity index (χ3n) is 3.83. The van der Waals surface area contributed by atoms with E-state index in [4.69, 9.17) is 0 Å². The van der Waals surface area contributed by atoms with Gasteiger partial charge in [0.2, 0.25) is 0 Å². The van der Waals surface area contributed by atoms with Gasteiger partial charge in [-0.3, -0.25) is 0 Å². The van der Waals surface area contributed by atoms with Crippen molar-refractivity contribution in [3.63, 3.8) is 0 Å². The molecule has 15 heavy (non-hydrogen) atoms. The van der Waals surface area contributed by atoms with Crippen molar-refractivity contribution in [1.29, 1.82) is 0 Å². The van der Waals surface area contributed by atoms with Crippen LogP contribution in [0.2, 0.25) is 0 Å². The summed E-state index contributed by atoms with van der Waals surface area (Å²) in [6.45, 7) is 3.23. The van der Waals surface area contributed by atoms with E-state index in [0.717, 1.165) is 19.4 Å². The Balaban J connectivity index is 2.18. The molecule has 0 fully saturated rings. The molecule has 1 N–H and O–H groups in total. The fourth-order valence-electron chi connectivity index (χ4n) is 3.13. The maximum atomic E-state index is 13.4. The molecule has 2 atom stereocenters. The summed E-state index contributed by atoms with van der Waals surface area (Å²) in [6.07, 6.45) is 3.29. The fourth-order valence-corrected chi connectivity index (χ4v) is 3.13. The number of halogens is 1. The van der Waals surface area contributed by atoms with Crippen LogP contribution >= 0.6 is 0 Å². The second-order valence-electron chi connectivity index (χ2n) is 4.67. The average Bonchev–Trinajstić information content (AvgIpc) is 2.63. The van der Waals surface area contributed by atoms with Gasteiger partial charge in [0, 0.05) is 12.6 Å². The summed E-state index contributed by atoms with van der Waals surface area (Å²) in [5.41, 5.74) is 3.94. The number of aryl methyl sites for hydroxylation is 1. The molecule has 0 spiro atoms. The SMILES string of the molecule is CCC1NCC2CCc3cc(F)cc1c32. The van der Waals surface area contributed by atoms with Gasteiger partial charge in [0.05, 0.1) is 0 Å². The lowest BCUT2D eigenvalue weighted by Crippen LogP contribution is -2.31. The van der Waals surface area contributed by atoms with Crippen LogP contribution in [-0.4, -0.2) is 6.54 Å². The molecular formula is C13H16FN. The first-order chi connectivity index (χ1) is 7.29. The van der Waals surface area contributed by atoms with Gasteiger partial charge in [-0.15, -0.1) is 0 Å². The molecule has 1 nitrogen and oxygen atoms in total. The minimum atomic E-state index is -0.0634. The predicted molar refractivity (Wildman–Crippen MR) is 58.5 cm³/mol. The first kappa shape index (κ1) is 9.34. The molecule has 2 unspecified atom stereocenters. The molecule has 1 heterocycles. The van der Waals surface area contributed by atoms with E-state index in [1.165, 1.54) is 23.1 Å². The van der Waals surface area contributed by atoms with Crippen LogP contribution in [0.3, 0.4) is 0 Å². The van der Waals surface area contributed by atoms with Crippen molar-refractivity contribution in [2.75, 3.05) is 6.54 Å². The number of hydrogen-bond acceptors (Lipinski definition) is 1. The minimum Gasteiger partial charge on any atom is -0.309 e. The zero-order valence-corrected chi connectivity index (χ0v) is 9.02. The van der Waals surface area contributed by atoms with Crippen LogP contribution in [0.1, 0.15) is 48.4 Å². The summed E-state index contributed by atoms with van der Waals surface area (Å²) < 4.78 is 13.4. The topological polar surface area (TPSA) is 12.0 Å². The Hall–Kier alpha value is -0.890. The van der Waals surface area contributed by atoms with Gasteiger partial charge >= 0.3 is 0 Å². The Labute approximate surface area is 89.7 Å². The van der Waals surface area contributed by atoms with Crippen LogP contribution < -0.4 is 5.32 Å². The molecule has 2 heteroatoms. The Bertz CT molecular complexity index is 400. The van der Waals surface area contributed by atoms with E-state index in [-0.39, 0.29) is 5.82 Å². The average molecular weight is 205 g/mol. The van der Waals surface area contributed by atoms with Gasteiger partial charge in [0.1, 0.15) is 5.82 Å². The van der Waals surface area contributed by atoms with E-state index >= 15 is 0 Å². The van der Waals surface area contributed by atoms with Crippen molar-refractivity contribution in [1.82, 2.24) is 5.32 Å². The van der Waals surface area contributed by atoms with Crippen molar-refractivity contribution < 1.29 is 4.39 Å². The van der Waals surface area contributed by atoms with Gasteiger partial charge in [0.15, 0.2) is 0 Å². The quantitative estimate of drug-likeness (QED) is 0.743. The summed E-state index contributed by atoms with van der Waals surface area (Å²) in [7, 11) is 0. The van der Waals surface area contributed by atoms with Crippen LogP contribution in [0.25, 0.3) is 0 Å². The normalized spacial score (nSPS) is 27.9. The van der Waals surface area contributed by atoms with Gasteiger partial charge in [-0.1, -0.05) is 6.92 Å². The molecule has 1 aromatic rings. The van der Waals surface area contributed by atoms with Crippen molar-refractivity contribution in [2.45, 2.75) is 38.1 Å². The highest BCUT2D eigenvalue weighted by Crippen LogP contribution is 2.41. The van der Waals surface area contributed by atoms with Crippen LogP contribution in [0.4, 0.5) is 4.39 Å². The molecule has 0 bridgehead atoms. The van der Waals surface area contributed by atoms with E-state index in [1.54, 1.807) is 12.1 Å². The number of benzene rings is 1. The second kappa shape index (κ2) is 3.31. The molecule has 1 aromatic carbocycles. The molecule has 0 saturated heterocycles. The van der Waals surface area contributed by atoms with Crippen LogP contribution in [0, 0.1) is 5.82 Å². The summed E-state index contributed by atoms with van der Waals surface area (Å²) >= 11 is 0. The third kappa shape index (κ3) is 1.31. The lowest BCUT2D eigenvalue weighted by atomic mass is 9.87. The van der Waals surface area contributed by atoms with Crippen molar-refractivity contribution in [3.05, 3.63) is 34.6 Å². The zero-order chi connectivity index (χ0) is 10.4. The third-order valence-corrected chi connectivity index (χ3v) is 3.83. The van der Waals surface area contributed by atoms with Crippen LogP contribution in [-0.2, 0) is 6.42 Å². The Morgan fingerprint density at radius 3 is 3.13 bits per heavy atom. The van der Waals surface area contributed by atoms with E-state index < -0.39 is 0 Å². The highest BCUT2D eigenvalue weighted by atomic mass is 19.1. The first-order valence-corrected chi connectivity index (χ1v) is 5.85. The summed E-state index contributed by atoms with van der Waals surface area (Å²) in [4.78, 5) is 0. The highest BCUT2D eigenvalue weighted by molar-refractivity contribution is 5.45. The van der Waals surface area contributed by atoms with E-state index in [9.17, 15) is 4.39 Å². The molecular weight excluding hydrogens is 189 g/mol. The largest absolute Gasteiger partial charge is 0.309 e. The van der Waals surface area contributed by atoms with Gasteiger partial charge in [-0.05, 0) is 54.0 Å². The summed E-state index contributed by atoms with van der Waals surface area (Å²) in [5.74, 6) is 0.574. The number of nitrogens with one attached hydrogen (secondary N) is 1. The Morgan fingerprint density at radius 1 is 1.47 bits per heavy atom. The lowest BCUT2D eigenvalue weighted by Gasteiger charge is -2.30. The van der Waals surface area contributed by atoms with Gasteiger partial charge < -0.3 is 5.32 Å². The van der Waals surface area contributed by atoms with E-state index in [0.29, 0.717) is 12.0 Å². The van der Waals surface area contributed by atoms with Crippen molar-refractivity contribution in [3.8, 4) is 0 Å². The Morgan fingerprint density at radius 2 is 2.33 bits per heavy atom. The molecule has 2 aliphatic rings. The summed E-state index contributed by atoms with van der Waals surface area (Å²) in [6, 6.07) is 3.83. The molecule has 0 radical (unpaired) electrons. The molecule has 3 rings (SSSR count).